The molecule has 160 valence electrons. The van der Waals surface area contributed by atoms with E-state index in [4.69, 9.17) is 31.0 Å². The van der Waals surface area contributed by atoms with E-state index in [0.717, 1.165) is 44.2 Å². The highest BCUT2D eigenvalue weighted by atomic mass is 35.5. The summed E-state index contributed by atoms with van der Waals surface area (Å²) in [4.78, 5) is 11.6. The standard InChI is InChI=1S/C24H24ClN3O2S/c1-6-30-17-9-7-16(8-10-17)21-14(3)31-24-22(21)23(26-15(4)27-24)28-19-11-13(2)18(25)12-20(19)29-5/h7-12H,6H2,1-5H3,(H,26,27,28). The minimum Gasteiger partial charge on any atom is -0.495 e. The number of thiophene rings is 1. The topological polar surface area (TPSA) is 56.3 Å². The van der Waals surface area contributed by atoms with Gasteiger partial charge in [0.25, 0.3) is 0 Å². The minimum atomic E-state index is 0.642. The van der Waals surface area contributed by atoms with Crippen LogP contribution >= 0.6 is 22.9 Å². The highest BCUT2D eigenvalue weighted by molar-refractivity contribution is 7.19. The number of nitrogens with zero attached hydrogens (tertiary/aromatic N) is 2. The van der Waals surface area contributed by atoms with Crippen LogP contribution in [-0.4, -0.2) is 23.7 Å². The van der Waals surface area contributed by atoms with Gasteiger partial charge < -0.3 is 14.8 Å². The van der Waals surface area contributed by atoms with Gasteiger partial charge in [0.15, 0.2) is 0 Å². The summed E-state index contributed by atoms with van der Waals surface area (Å²) in [6.07, 6.45) is 0. The zero-order valence-corrected chi connectivity index (χ0v) is 19.7. The molecular formula is C24H24ClN3O2S. The Balaban J connectivity index is 1.88. The normalized spacial score (nSPS) is 11.0. The molecule has 0 saturated heterocycles. The van der Waals surface area contributed by atoms with Gasteiger partial charge in [0, 0.05) is 21.5 Å². The van der Waals surface area contributed by atoms with Crippen LogP contribution in [0.25, 0.3) is 21.3 Å². The second-order valence-electron chi connectivity index (χ2n) is 7.22. The van der Waals surface area contributed by atoms with Crippen molar-refractivity contribution in [1.29, 1.82) is 0 Å². The van der Waals surface area contributed by atoms with Crippen molar-refractivity contribution in [2.24, 2.45) is 0 Å². The molecule has 0 aliphatic carbocycles. The van der Waals surface area contributed by atoms with Gasteiger partial charge in [-0.05, 0) is 57.0 Å². The van der Waals surface area contributed by atoms with E-state index >= 15 is 0 Å². The quantitative estimate of drug-likeness (QED) is 0.337. The molecule has 0 aliphatic rings. The highest BCUT2D eigenvalue weighted by Crippen LogP contribution is 2.43. The van der Waals surface area contributed by atoms with E-state index in [-0.39, 0.29) is 0 Å². The van der Waals surface area contributed by atoms with Crippen LogP contribution in [-0.2, 0) is 0 Å². The average molecular weight is 454 g/mol. The molecule has 2 heterocycles. The Morgan fingerprint density at radius 3 is 2.48 bits per heavy atom. The summed E-state index contributed by atoms with van der Waals surface area (Å²) < 4.78 is 11.2. The predicted octanol–water partition coefficient (Wildman–Crippen LogP) is 7.09. The molecule has 0 radical (unpaired) electrons. The highest BCUT2D eigenvalue weighted by Gasteiger charge is 2.19. The predicted molar refractivity (Wildman–Crippen MR) is 130 cm³/mol. The van der Waals surface area contributed by atoms with Gasteiger partial charge in [0.2, 0.25) is 0 Å². The van der Waals surface area contributed by atoms with Gasteiger partial charge in [-0.15, -0.1) is 11.3 Å². The molecule has 4 aromatic rings. The molecule has 7 heteroatoms. The van der Waals surface area contributed by atoms with Gasteiger partial charge in [0.1, 0.15) is 28.0 Å². The first kappa shape index (κ1) is 21.4. The Kier molecular flexibility index (Phi) is 6.03. The Morgan fingerprint density at radius 2 is 1.81 bits per heavy atom. The number of aryl methyl sites for hydroxylation is 3. The van der Waals surface area contributed by atoms with Gasteiger partial charge in [-0.2, -0.15) is 0 Å². The number of hydrogen-bond donors (Lipinski definition) is 1. The monoisotopic (exact) mass is 453 g/mol. The third-order valence-electron chi connectivity index (χ3n) is 5.03. The lowest BCUT2D eigenvalue weighted by molar-refractivity contribution is 0.340. The Bertz CT molecular complexity index is 1250. The van der Waals surface area contributed by atoms with Crippen LogP contribution in [0.15, 0.2) is 36.4 Å². The molecule has 0 amide bonds. The molecule has 0 atom stereocenters. The van der Waals surface area contributed by atoms with Crippen LogP contribution in [0.5, 0.6) is 11.5 Å². The molecule has 0 bridgehead atoms. The number of ether oxygens (including phenoxy) is 2. The van der Waals surface area contributed by atoms with Crippen LogP contribution in [0.4, 0.5) is 11.5 Å². The van der Waals surface area contributed by atoms with Gasteiger partial charge in [-0.25, -0.2) is 9.97 Å². The molecular weight excluding hydrogens is 430 g/mol. The van der Waals surface area contributed by atoms with Crippen molar-refractivity contribution in [2.45, 2.75) is 27.7 Å². The fourth-order valence-corrected chi connectivity index (χ4v) is 4.84. The Morgan fingerprint density at radius 1 is 1.06 bits per heavy atom. The minimum absolute atomic E-state index is 0.642. The number of hydrogen-bond acceptors (Lipinski definition) is 6. The molecule has 0 unspecified atom stereocenters. The number of nitrogens with one attached hydrogen (secondary N) is 1. The summed E-state index contributed by atoms with van der Waals surface area (Å²) in [5.41, 5.74) is 3.99. The summed E-state index contributed by atoms with van der Waals surface area (Å²) in [6, 6.07) is 11.9. The van der Waals surface area contributed by atoms with E-state index in [1.807, 2.05) is 45.0 Å². The maximum atomic E-state index is 6.29. The first-order valence-electron chi connectivity index (χ1n) is 10.0. The molecule has 2 aromatic carbocycles. The molecule has 31 heavy (non-hydrogen) atoms. The number of rotatable bonds is 6. The summed E-state index contributed by atoms with van der Waals surface area (Å²) in [6.45, 7) is 8.61. The summed E-state index contributed by atoms with van der Waals surface area (Å²) >= 11 is 7.96. The molecule has 0 spiro atoms. The Hall–Kier alpha value is -2.83. The van der Waals surface area contributed by atoms with Crippen molar-refractivity contribution in [3.8, 4) is 22.6 Å². The van der Waals surface area contributed by atoms with Gasteiger partial charge in [0.05, 0.1) is 24.8 Å². The summed E-state index contributed by atoms with van der Waals surface area (Å²) in [7, 11) is 1.63. The zero-order valence-electron chi connectivity index (χ0n) is 18.2. The maximum absolute atomic E-state index is 6.29. The van der Waals surface area contributed by atoms with E-state index < -0.39 is 0 Å². The Labute approximate surface area is 191 Å². The number of fused-ring (bicyclic) bond motifs is 1. The van der Waals surface area contributed by atoms with Crippen molar-refractivity contribution in [2.75, 3.05) is 19.0 Å². The third kappa shape index (κ3) is 4.18. The van der Waals surface area contributed by atoms with E-state index in [1.165, 1.54) is 4.88 Å². The fourth-order valence-electron chi connectivity index (χ4n) is 3.60. The van der Waals surface area contributed by atoms with Crippen molar-refractivity contribution >= 4 is 44.7 Å². The number of anilines is 2. The van der Waals surface area contributed by atoms with Crippen molar-refractivity contribution < 1.29 is 9.47 Å². The lowest BCUT2D eigenvalue weighted by Crippen LogP contribution is -2.01. The lowest BCUT2D eigenvalue weighted by atomic mass is 10.0. The van der Waals surface area contributed by atoms with Crippen LogP contribution in [0.2, 0.25) is 5.02 Å². The lowest BCUT2D eigenvalue weighted by Gasteiger charge is -2.14. The van der Waals surface area contributed by atoms with Crippen LogP contribution < -0.4 is 14.8 Å². The molecule has 5 nitrogen and oxygen atoms in total. The van der Waals surface area contributed by atoms with Crippen molar-refractivity contribution in [3.05, 3.63) is 57.7 Å². The fraction of sp³-hybridized carbons (Fsp3) is 0.250. The number of methoxy groups -OCH3 is 1. The van der Waals surface area contributed by atoms with E-state index in [0.29, 0.717) is 23.2 Å². The van der Waals surface area contributed by atoms with E-state index in [2.05, 4.69) is 24.4 Å². The van der Waals surface area contributed by atoms with Crippen molar-refractivity contribution in [1.82, 2.24) is 9.97 Å². The van der Waals surface area contributed by atoms with E-state index in [1.54, 1.807) is 18.4 Å². The number of aromatic nitrogens is 2. The molecule has 0 aliphatic heterocycles. The molecule has 0 saturated carbocycles. The smallest absolute Gasteiger partial charge is 0.143 e. The van der Waals surface area contributed by atoms with Crippen LogP contribution in [0, 0.1) is 20.8 Å². The van der Waals surface area contributed by atoms with Crippen molar-refractivity contribution in [3.63, 3.8) is 0 Å². The first-order valence-corrected chi connectivity index (χ1v) is 11.2. The molecule has 4 rings (SSSR count). The largest absolute Gasteiger partial charge is 0.495 e. The van der Waals surface area contributed by atoms with Gasteiger partial charge in [-0.3, -0.25) is 0 Å². The van der Waals surface area contributed by atoms with E-state index in [9.17, 15) is 0 Å². The second kappa shape index (κ2) is 8.73. The second-order valence-corrected chi connectivity index (χ2v) is 8.83. The molecule has 2 aromatic heterocycles. The molecule has 1 N–H and O–H groups in total. The van der Waals surface area contributed by atoms with Crippen LogP contribution in [0.1, 0.15) is 23.2 Å². The summed E-state index contributed by atoms with van der Waals surface area (Å²) in [5.74, 6) is 2.97. The average Bonchev–Trinajstić information content (AvgIpc) is 3.07. The number of halogens is 1. The third-order valence-corrected chi connectivity index (χ3v) is 6.43. The summed E-state index contributed by atoms with van der Waals surface area (Å²) in [5, 5.41) is 5.13. The van der Waals surface area contributed by atoms with Crippen LogP contribution in [0.3, 0.4) is 0 Å². The zero-order chi connectivity index (χ0) is 22.1. The van der Waals surface area contributed by atoms with Gasteiger partial charge in [-0.1, -0.05) is 23.7 Å². The molecule has 0 fully saturated rings. The number of benzene rings is 2. The first-order chi connectivity index (χ1) is 14.9. The van der Waals surface area contributed by atoms with Gasteiger partial charge >= 0.3 is 0 Å². The SMILES string of the molecule is CCOc1ccc(-c2c(C)sc3nc(C)nc(Nc4cc(C)c(Cl)cc4OC)c23)cc1. The maximum Gasteiger partial charge on any atom is 0.143 e.